The van der Waals surface area contributed by atoms with Gasteiger partial charge in [0.15, 0.2) is 11.9 Å². The Balaban J connectivity index is 2.68. The first-order valence-corrected chi connectivity index (χ1v) is 6.92. The molecule has 4 atom stereocenters. The zero-order chi connectivity index (χ0) is 15.3. The number of aliphatic hydroxyl groups is 2. The zero-order valence-electron chi connectivity index (χ0n) is 12.1. The van der Waals surface area contributed by atoms with Gasteiger partial charge < -0.3 is 15.3 Å². The fourth-order valence-corrected chi connectivity index (χ4v) is 4.49. The van der Waals surface area contributed by atoms with Crippen molar-refractivity contribution in [1.29, 1.82) is 0 Å². The van der Waals surface area contributed by atoms with E-state index >= 15 is 0 Å². The number of fused-ring (bicyclic) bond motifs is 1. The molecule has 3 N–H and O–H groups in total. The van der Waals surface area contributed by atoms with E-state index in [1.807, 2.05) is 13.8 Å². The third-order valence-electron chi connectivity index (χ3n) is 5.41. The van der Waals surface area contributed by atoms with E-state index in [9.17, 15) is 24.9 Å². The molecule has 0 radical (unpaired) electrons. The molecule has 0 bridgehead atoms. The highest BCUT2D eigenvalue weighted by molar-refractivity contribution is 5.96. The van der Waals surface area contributed by atoms with Gasteiger partial charge in [-0.1, -0.05) is 27.2 Å². The van der Waals surface area contributed by atoms with Crippen molar-refractivity contribution in [2.75, 3.05) is 0 Å². The van der Waals surface area contributed by atoms with Crippen LogP contribution in [-0.2, 0) is 9.59 Å². The summed E-state index contributed by atoms with van der Waals surface area (Å²) in [4.78, 5) is 22.9. The van der Waals surface area contributed by atoms with Gasteiger partial charge in [-0.15, -0.1) is 0 Å². The van der Waals surface area contributed by atoms with E-state index in [4.69, 9.17) is 0 Å². The normalized spacial score (nSPS) is 43.4. The van der Waals surface area contributed by atoms with E-state index in [0.29, 0.717) is 12.7 Å². The van der Waals surface area contributed by atoms with E-state index in [1.54, 1.807) is 6.92 Å². The molecule has 5 heteroatoms. The smallest absolute Gasteiger partial charge is 0.334 e. The fourth-order valence-electron chi connectivity index (χ4n) is 4.49. The zero-order valence-corrected chi connectivity index (χ0v) is 12.1. The molecule has 0 aromatic rings. The topological polar surface area (TPSA) is 94.8 Å². The summed E-state index contributed by atoms with van der Waals surface area (Å²) in [6.07, 6.45) is 2.66. The number of carbonyl (C=O) groups excluding carboxylic acids is 1. The summed E-state index contributed by atoms with van der Waals surface area (Å²) in [5, 5.41) is 30.4. The quantitative estimate of drug-likeness (QED) is 0.660. The molecule has 0 amide bonds. The molecule has 2 aliphatic carbocycles. The number of aliphatic carboxylic acids is 1. The number of aliphatic hydroxyl groups excluding tert-OH is 1. The molecule has 0 aromatic heterocycles. The Labute approximate surface area is 118 Å². The number of aldehydes is 1. The Morgan fingerprint density at radius 2 is 1.95 bits per heavy atom. The van der Waals surface area contributed by atoms with Crippen LogP contribution in [0.25, 0.3) is 0 Å². The van der Waals surface area contributed by atoms with Gasteiger partial charge in [-0.05, 0) is 24.3 Å². The van der Waals surface area contributed by atoms with Crippen LogP contribution in [0.4, 0.5) is 0 Å². The predicted octanol–water partition coefficient (Wildman–Crippen LogP) is 1.13. The van der Waals surface area contributed by atoms with Crippen LogP contribution in [0.15, 0.2) is 11.6 Å². The molecule has 1 fully saturated rings. The number of carbonyl (C=O) groups is 2. The number of carboxylic acids is 1. The van der Waals surface area contributed by atoms with Crippen molar-refractivity contribution in [3.8, 4) is 0 Å². The van der Waals surface area contributed by atoms with E-state index < -0.39 is 28.7 Å². The molecule has 2 rings (SSSR count). The van der Waals surface area contributed by atoms with E-state index in [-0.39, 0.29) is 11.3 Å². The lowest BCUT2D eigenvalue weighted by Gasteiger charge is -2.59. The standard InChI is InChI=1S/C15H22O5/c1-13(2)5-4-6-14(3)11(13)10(17)7-9(12(18)19)15(14,20)8-16/h7-8,10-11,17,20H,4-6H2,1-3H3,(H,18,19)/t10?,11-,14-,15?/m0/s1. The van der Waals surface area contributed by atoms with E-state index in [1.165, 1.54) is 0 Å². The Kier molecular flexibility index (Phi) is 3.34. The molecule has 0 aliphatic heterocycles. The Hall–Kier alpha value is -1.20. The molecule has 0 spiro atoms. The van der Waals surface area contributed by atoms with E-state index in [0.717, 1.165) is 18.9 Å². The second kappa shape index (κ2) is 4.40. The minimum absolute atomic E-state index is 0.274. The Morgan fingerprint density at radius 3 is 2.45 bits per heavy atom. The molecule has 0 heterocycles. The fraction of sp³-hybridized carbons (Fsp3) is 0.733. The minimum atomic E-state index is -2.06. The predicted molar refractivity (Wildman–Crippen MR) is 72.0 cm³/mol. The van der Waals surface area contributed by atoms with Gasteiger partial charge in [0, 0.05) is 11.3 Å². The van der Waals surface area contributed by atoms with Gasteiger partial charge >= 0.3 is 5.97 Å². The van der Waals surface area contributed by atoms with E-state index in [2.05, 4.69) is 0 Å². The van der Waals surface area contributed by atoms with Crippen LogP contribution in [-0.4, -0.2) is 39.3 Å². The van der Waals surface area contributed by atoms with Crippen LogP contribution in [0, 0.1) is 16.7 Å². The second-order valence-electron chi connectivity index (χ2n) is 7.00. The molecule has 20 heavy (non-hydrogen) atoms. The largest absolute Gasteiger partial charge is 0.478 e. The van der Waals surface area contributed by atoms with Crippen molar-refractivity contribution in [3.63, 3.8) is 0 Å². The van der Waals surface area contributed by atoms with Gasteiger partial charge in [0.1, 0.15) is 0 Å². The highest BCUT2D eigenvalue weighted by atomic mass is 16.4. The first-order valence-electron chi connectivity index (χ1n) is 6.92. The molecule has 1 saturated carbocycles. The van der Waals surface area contributed by atoms with Gasteiger partial charge in [-0.2, -0.15) is 0 Å². The van der Waals surface area contributed by atoms with Crippen LogP contribution in [0.1, 0.15) is 40.0 Å². The molecule has 112 valence electrons. The molecule has 2 unspecified atom stereocenters. The van der Waals surface area contributed by atoms with Crippen molar-refractivity contribution in [1.82, 2.24) is 0 Å². The lowest BCUT2D eigenvalue weighted by atomic mass is 9.46. The van der Waals surface area contributed by atoms with Gasteiger partial charge in [0.2, 0.25) is 0 Å². The summed E-state index contributed by atoms with van der Waals surface area (Å²) in [6.45, 7) is 5.69. The monoisotopic (exact) mass is 282 g/mol. The molecular formula is C15H22O5. The summed E-state index contributed by atoms with van der Waals surface area (Å²) in [5.41, 5.74) is -3.71. The van der Waals surface area contributed by atoms with Gasteiger partial charge in [-0.25, -0.2) is 4.79 Å². The Morgan fingerprint density at radius 1 is 1.35 bits per heavy atom. The van der Waals surface area contributed by atoms with Crippen molar-refractivity contribution < 1.29 is 24.9 Å². The molecule has 0 saturated heterocycles. The molecule has 2 aliphatic rings. The number of rotatable bonds is 2. The molecule has 0 aromatic carbocycles. The van der Waals surface area contributed by atoms with Gasteiger partial charge in [0.05, 0.1) is 11.7 Å². The van der Waals surface area contributed by atoms with Gasteiger partial charge in [-0.3, -0.25) is 4.79 Å². The summed E-state index contributed by atoms with van der Waals surface area (Å²) >= 11 is 0. The number of hydrogen-bond acceptors (Lipinski definition) is 4. The van der Waals surface area contributed by atoms with Crippen LogP contribution in [0.3, 0.4) is 0 Å². The lowest BCUT2D eigenvalue weighted by Crippen LogP contribution is -2.64. The molecular weight excluding hydrogens is 260 g/mol. The third kappa shape index (κ3) is 1.76. The highest BCUT2D eigenvalue weighted by Crippen LogP contribution is 2.60. The third-order valence-corrected chi connectivity index (χ3v) is 5.41. The van der Waals surface area contributed by atoms with Crippen LogP contribution in [0.5, 0.6) is 0 Å². The lowest BCUT2D eigenvalue weighted by molar-refractivity contribution is -0.178. The average Bonchev–Trinajstić information content (AvgIpc) is 2.32. The maximum Gasteiger partial charge on any atom is 0.334 e. The highest BCUT2D eigenvalue weighted by Gasteiger charge is 2.64. The van der Waals surface area contributed by atoms with Crippen LogP contribution in [0.2, 0.25) is 0 Å². The minimum Gasteiger partial charge on any atom is -0.478 e. The summed E-state index contributed by atoms with van der Waals surface area (Å²) < 4.78 is 0. The van der Waals surface area contributed by atoms with Crippen molar-refractivity contribution in [2.24, 2.45) is 16.7 Å². The summed E-state index contributed by atoms with van der Waals surface area (Å²) in [6, 6.07) is 0. The van der Waals surface area contributed by atoms with Crippen LogP contribution < -0.4 is 0 Å². The average molecular weight is 282 g/mol. The first-order chi connectivity index (χ1) is 9.10. The number of hydrogen-bond donors (Lipinski definition) is 3. The van der Waals surface area contributed by atoms with Crippen molar-refractivity contribution in [2.45, 2.75) is 51.7 Å². The second-order valence-corrected chi connectivity index (χ2v) is 7.00. The molecule has 5 nitrogen and oxygen atoms in total. The van der Waals surface area contributed by atoms with Crippen molar-refractivity contribution in [3.05, 3.63) is 11.6 Å². The Bertz CT molecular complexity index is 481. The summed E-state index contributed by atoms with van der Waals surface area (Å²) in [7, 11) is 0. The van der Waals surface area contributed by atoms with Crippen LogP contribution >= 0.6 is 0 Å². The summed E-state index contributed by atoms with van der Waals surface area (Å²) in [5.74, 6) is -1.72. The number of carboxylic acid groups (broad SMARTS) is 1. The van der Waals surface area contributed by atoms with Gasteiger partial charge in [0.25, 0.3) is 0 Å². The maximum atomic E-state index is 11.5. The SMILES string of the molecule is CC1(C)CCC[C@@]2(C)[C@H]1C(O)C=C(C(=O)O)C2(O)C=O. The first kappa shape index (κ1) is 15.2. The maximum absolute atomic E-state index is 11.5. The van der Waals surface area contributed by atoms with Crippen molar-refractivity contribution >= 4 is 12.3 Å².